The highest BCUT2D eigenvalue weighted by molar-refractivity contribution is 8.15. The lowest BCUT2D eigenvalue weighted by molar-refractivity contribution is -0.384. The number of benzene rings is 2. The van der Waals surface area contributed by atoms with Crippen molar-refractivity contribution in [2.75, 3.05) is 12.4 Å². The summed E-state index contributed by atoms with van der Waals surface area (Å²) in [6.45, 7) is 3.82. The zero-order valence-electron chi connectivity index (χ0n) is 19.9. The van der Waals surface area contributed by atoms with Crippen molar-refractivity contribution >= 4 is 51.5 Å². The van der Waals surface area contributed by atoms with Gasteiger partial charge in [0, 0.05) is 18.5 Å². The van der Waals surface area contributed by atoms with Gasteiger partial charge in [0.15, 0.2) is 5.17 Å². The van der Waals surface area contributed by atoms with Gasteiger partial charge in [0.2, 0.25) is 11.8 Å². The minimum Gasteiger partial charge on any atom is -0.496 e. The molecule has 0 unspecified atom stereocenters. The fraction of sp³-hybridized carbons (Fsp3) is 0.348. The molecule has 0 spiro atoms. The molecule has 0 saturated carbocycles. The average molecular weight is 516 g/mol. The summed E-state index contributed by atoms with van der Waals surface area (Å²) in [7, 11) is 1.37. The van der Waals surface area contributed by atoms with Gasteiger partial charge in [0.25, 0.3) is 11.4 Å². The third-order valence-electron chi connectivity index (χ3n) is 5.45. The number of aliphatic imine (C=N–C) groups is 1. The number of amides is 2. The van der Waals surface area contributed by atoms with Crippen LogP contribution in [0.3, 0.4) is 0 Å². The molecule has 13 heteroatoms. The molecule has 0 aliphatic carbocycles. The fourth-order valence-electron chi connectivity index (χ4n) is 3.73. The van der Waals surface area contributed by atoms with Crippen molar-refractivity contribution in [1.82, 2.24) is 4.90 Å². The maximum absolute atomic E-state index is 13.3. The highest BCUT2D eigenvalue weighted by atomic mass is 32.2. The predicted octanol–water partition coefficient (Wildman–Crippen LogP) is 4.66. The topological polar surface area (TPSA) is 157 Å². The molecule has 1 heterocycles. The summed E-state index contributed by atoms with van der Waals surface area (Å²) < 4.78 is 5.00. The Morgan fingerprint density at radius 3 is 2.53 bits per heavy atom. The summed E-state index contributed by atoms with van der Waals surface area (Å²) in [4.78, 5) is 53.6. The van der Waals surface area contributed by atoms with Crippen LogP contribution in [0, 0.1) is 20.2 Å². The lowest BCUT2D eigenvalue weighted by Crippen LogP contribution is -2.40. The van der Waals surface area contributed by atoms with Gasteiger partial charge in [-0.2, -0.15) is 0 Å². The minimum absolute atomic E-state index is 0.0220. The van der Waals surface area contributed by atoms with E-state index in [9.17, 15) is 29.8 Å². The number of hydrogen-bond donors (Lipinski definition) is 1. The molecular formula is C23H25N5O7S. The monoisotopic (exact) mass is 515 g/mol. The van der Waals surface area contributed by atoms with Gasteiger partial charge >= 0.3 is 0 Å². The van der Waals surface area contributed by atoms with Crippen LogP contribution in [0.15, 0.2) is 47.5 Å². The van der Waals surface area contributed by atoms with Crippen molar-refractivity contribution in [3.63, 3.8) is 0 Å². The number of amidine groups is 1. The van der Waals surface area contributed by atoms with Crippen LogP contribution in [0.2, 0.25) is 0 Å². The van der Waals surface area contributed by atoms with Crippen LogP contribution < -0.4 is 10.1 Å². The summed E-state index contributed by atoms with van der Waals surface area (Å²) in [5.41, 5.74) is -0.462. The van der Waals surface area contributed by atoms with Gasteiger partial charge in [-0.15, -0.1) is 0 Å². The number of nitrogens with one attached hydrogen (secondary N) is 1. The zero-order valence-corrected chi connectivity index (χ0v) is 20.7. The van der Waals surface area contributed by atoms with Crippen LogP contribution in [-0.2, 0) is 9.59 Å². The summed E-state index contributed by atoms with van der Waals surface area (Å²) in [5.74, 6) is -0.681. The van der Waals surface area contributed by atoms with Crippen LogP contribution >= 0.6 is 11.8 Å². The number of hydrogen-bond acceptors (Lipinski definition) is 9. The van der Waals surface area contributed by atoms with E-state index >= 15 is 0 Å². The first kappa shape index (κ1) is 26.6. The van der Waals surface area contributed by atoms with Gasteiger partial charge in [0.05, 0.1) is 23.0 Å². The molecule has 1 aliphatic rings. The molecule has 190 valence electrons. The van der Waals surface area contributed by atoms with Crippen LogP contribution in [0.1, 0.15) is 33.1 Å². The quantitative estimate of drug-likeness (QED) is 0.353. The zero-order chi connectivity index (χ0) is 26.4. The SMILES string of the molecule is CCC[C@@H](C)N1C(=O)[C@@H](CC(=O)Nc2ccc(OC)cc2[N+](=O)[O-])SC1=Nc1ccccc1[N+](=O)[O-]. The van der Waals surface area contributed by atoms with Crippen molar-refractivity contribution in [2.24, 2.45) is 4.99 Å². The number of anilines is 1. The Bertz CT molecular complexity index is 1220. The number of thioether (sulfide) groups is 1. The molecule has 3 rings (SSSR count). The van der Waals surface area contributed by atoms with E-state index in [-0.39, 0.29) is 52.0 Å². The van der Waals surface area contributed by atoms with Crippen molar-refractivity contribution in [1.29, 1.82) is 0 Å². The Morgan fingerprint density at radius 2 is 1.89 bits per heavy atom. The molecule has 2 atom stereocenters. The molecule has 0 aromatic heterocycles. The minimum atomic E-state index is -0.844. The van der Waals surface area contributed by atoms with E-state index in [4.69, 9.17) is 4.74 Å². The van der Waals surface area contributed by atoms with E-state index in [1.165, 1.54) is 48.4 Å². The Balaban J connectivity index is 1.86. The first-order valence-electron chi connectivity index (χ1n) is 11.1. The van der Waals surface area contributed by atoms with E-state index in [1.807, 2.05) is 13.8 Å². The number of carbonyl (C=O) groups is 2. The molecule has 1 saturated heterocycles. The number of nitro benzene ring substituents is 2. The van der Waals surface area contributed by atoms with E-state index in [2.05, 4.69) is 10.3 Å². The molecule has 0 radical (unpaired) electrons. The number of nitro groups is 2. The molecular weight excluding hydrogens is 490 g/mol. The number of ether oxygens (including phenoxy) is 1. The lowest BCUT2D eigenvalue weighted by Gasteiger charge is -2.24. The second-order valence-electron chi connectivity index (χ2n) is 7.99. The lowest BCUT2D eigenvalue weighted by atomic mass is 10.1. The normalized spacial score (nSPS) is 17.2. The van der Waals surface area contributed by atoms with Crippen molar-refractivity contribution in [3.8, 4) is 5.75 Å². The van der Waals surface area contributed by atoms with Crippen molar-refractivity contribution in [3.05, 3.63) is 62.7 Å². The third-order valence-corrected chi connectivity index (χ3v) is 6.61. The molecule has 1 aliphatic heterocycles. The van der Waals surface area contributed by atoms with E-state index in [0.717, 1.165) is 18.2 Å². The highest BCUT2D eigenvalue weighted by Crippen LogP contribution is 2.37. The summed E-state index contributed by atoms with van der Waals surface area (Å²) in [6.07, 6.45) is 1.19. The molecule has 36 heavy (non-hydrogen) atoms. The Labute approximate surface area is 211 Å². The molecule has 1 N–H and O–H groups in total. The number of para-hydroxylation sites is 2. The average Bonchev–Trinajstić information content (AvgIpc) is 3.13. The number of carbonyl (C=O) groups excluding carboxylic acids is 2. The first-order valence-corrected chi connectivity index (χ1v) is 12.0. The Morgan fingerprint density at radius 1 is 1.19 bits per heavy atom. The van der Waals surface area contributed by atoms with Gasteiger partial charge in [-0.25, -0.2) is 4.99 Å². The van der Waals surface area contributed by atoms with Gasteiger partial charge in [-0.05, 0) is 31.5 Å². The van der Waals surface area contributed by atoms with Gasteiger partial charge in [0.1, 0.15) is 22.4 Å². The van der Waals surface area contributed by atoms with Gasteiger partial charge in [-0.1, -0.05) is 37.2 Å². The summed E-state index contributed by atoms with van der Waals surface area (Å²) in [6, 6.07) is 9.73. The maximum atomic E-state index is 13.3. The first-order chi connectivity index (χ1) is 17.2. The van der Waals surface area contributed by atoms with Crippen molar-refractivity contribution < 1.29 is 24.2 Å². The number of rotatable bonds is 10. The molecule has 1 fully saturated rings. The predicted molar refractivity (Wildman–Crippen MR) is 136 cm³/mol. The standard InChI is InChI=1S/C23H25N5O7S/c1-4-7-14(2)26-22(30)20(36-23(26)25-16-8-5-6-9-18(16)27(31)32)13-21(29)24-17-11-10-15(35-3)12-19(17)28(33)34/h5-6,8-12,14,20H,4,7,13H2,1-3H3,(H,24,29)/t14-,20-/m1/s1. The largest absolute Gasteiger partial charge is 0.496 e. The van der Waals surface area contributed by atoms with Gasteiger partial charge in [-0.3, -0.25) is 34.7 Å². The van der Waals surface area contributed by atoms with E-state index < -0.39 is 21.0 Å². The maximum Gasteiger partial charge on any atom is 0.296 e. The van der Waals surface area contributed by atoms with Crippen molar-refractivity contribution in [2.45, 2.75) is 44.4 Å². The van der Waals surface area contributed by atoms with Crippen LogP contribution in [0.4, 0.5) is 22.7 Å². The summed E-state index contributed by atoms with van der Waals surface area (Å²) in [5, 5.41) is 24.7. The smallest absolute Gasteiger partial charge is 0.296 e. The number of methoxy groups -OCH3 is 1. The van der Waals surface area contributed by atoms with Crippen LogP contribution in [-0.4, -0.2) is 50.1 Å². The van der Waals surface area contributed by atoms with Gasteiger partial charge < -0.3 is 10.1 Å². The molecule has 12 nitrogen and oxygen atoms in total. The molecule has 2 amide bonds. The van der Waals surface area contributed by atoms with E-state index in [0.29, 0.717) is 6.42 Å². The number of nitrogens with zero attached hydrogens (tertiary/aromatic N) is 4. The fourth-order valence-corrected chi connectivity index (χ4v) is 4.96. The summed E-state index contributed by atoms with van der Waals surface area (Å²) >= 11 is 1.04. The molecule has 0 bridgehead atoms. The third kappa shape index (κ3) is 5.97. The van der Waals surface area contributed by atoms with E-state index in [1.54, 1.807) is 6.07 Å². The van der Waals surface area contributed by atoms with Crippen LogP contribution in [0.5, 0.6) is 5.75 Å². The highest BCUT2D eigenvalue weighted by Gasteiger charge is 2.41. The molecule has 2 aromatic rings. The second kappa shape index (κ2) is 11.6. The Hall–Kier alpha value is -4.00. The second-order valence-corrected chi connectivity index (χ2v) is 9.16. The molecule has 2 aromatic carbocycles. The van der Waals surface area contributed by atoms with Crippen LogP contribution in [0.25, 0.3) is 0 Å². The Kier molecular flexibility index (Phi) is 8.59.